The minimum atomic E-state index is -0.0344. The summed E-state index contributed by atoms with van der Waals surface area (Å²) < 4.78 is 1.65. The maximum absolute atomic E-state index is 12.1. The number of aliphatic hydroxyl groups excluding tert-OH is 1. The van der Waals surface area contributed by atoms with Crippen LogP contribution < -0.4 is 10.9 Å². The summed E-state index contributed by atoms with van der Waals surface area (Å²) >= 11 is 0. The number of hydrogen-bond donors (Lipinski definition) is 2. The van der Waals surface area contributed by atoms with Gasteiger partial charge in [0.1, 0.15) is 0 Å². The number of para-hydroxylation sites is 1. The second kappa shape index (κ2) is 5.90. The predicted octanol–water partition coefficient (Wildman–Crippen LogP) is 2.75. The second-order valence-electron chi connectivity index (χ2n) is 6.55. The number of pyridine rings is 1. The first-order valence-corrected chi connectivity index (χ1v) is 7.31. The van der Waals surface area contributed by atoms with Crippen LogP contribution in [0.5, 0.6) is 0 Å². The summed E-state index contributed by atoms with van der Waals surface area (Å²) in [5.41, 5.74) is 1.70. The number of nitrogens with one attached hydrogen (secondary N) is 1. The van der Waals surface area contributed by atoms with E-state index in [0.29, 0.717) is 6.42 Å². The summed E-state index contributed by atoms with van der Waals surface area (Å²) in [7, 11) is 1.78. The lowest BCUT2D eigenvalue weighted by atomic mass is 9.84. The Labute approximate surface area is 125 Å². The minimum absolute atomic E-state index is 0.00902. The first-order chi connectivity index (χ1) is 9.84. The van der Waals surface area contributed by atoms with E-state index in [9.17, 15) is 9.90 Å². The summed E-state index contributed by atoms with van der Waals surface area (Å²) in [5.74, 6) is 0. The fourth-order valence-electron chi connectivity index (χ4n) is 2.57. The molecule has 0 saturated carbocycles. The lowest BCUT2D eigenvalue weighted by Crippen LogP contribution is -2.35. The highest BCUT2D eigenvalue weighted by molar-refractivity contribution is 5.91. The average molecular weight is 288 g/mol. The van der Waals surface area contributed by atoms with Crippen LogP contribution in [0.15, 0.2) is 35.1 Å². The SMILES string of the molecule is Cn1c(=O)cc(NC(CCO)C(C)(C)C)c2ccccc21. The van der Waals surface area contributed by atoms with Crippen molar-refractivity contribution < 1.29 is 5.11 Å². The molecule has 0 spiro atoms. The van der Waals surface area contributed by atoms with Gasteiger partial charge in [0.25, 0.3) is 5.56 Å². The number of benzene rings is 1. The van der Waals surface area contributed by atoms with E-state index in [0.717, 1.165) is 16.6 Å². The predicted molar refractivity (Wildman–Crippen MR) is 87.8 cm³/mol. The molecule has 4 heteroatoms. The lowest BCUT2D eigenvalue weighted by Gasteiger charge is -2.32. The van der Waals surface area contributed by atoms with E-state index in [-0.39, 0.29) is 23.6 Å². The van der Waals surface area contributed by atoms with Gasteiger partial charge in [0, 0.05) is 36.8 Å². The third kappa shape index (κ3) is 3.27. The van der Waals surface area contributed by atoms with E-state index in [1.165, 1.54) is 0 Å². The van der Waals surface area contributed by atoms with Gasteiger partial charge < -0.3 is 15.0 Å². The van der Waals surface area contributed by atoms with Crippen LogP contribution in [-0.4, -0.2) is 22.3 Å². The molecule has 0 aliphatic carbocycles. The number of hydrogen-bond acceptors (Lipinski definition) is 3. The van der Waals surface area contributed by atoms with Crippen molar-refractivity contribution in [3.8, 4) is 0 Å². The number of aryl methyl sites for hydroxylation is 1. The van der Waals surface area contributed by atoms with E-state index in [2.05, 4.69) is 26.1 Å². The standard InChI is InChI=1S/C17H24N2O2/c1-17(2,3)15(9-10-20)18-13-11-16(21)19(4)14-8-6-5-7-12(13)14/h5-8,11,15,18,20H,9-10H2,1-4H3. The van der Waals surface area contributed by atoms with Gasteiger partial charge in [-0.1, -0.05) is 39.0 Å². The van der Waals surface area contributed by atoms with E-state index in [1.807, 2.05) is 24.3 Å². The van der Waals surface area contributed by atoms with E-state index >= 15 is 0 Å². The summed E-state index contributed by atoms with van der Waals surface area (Å²) in [5, 5.41) is 13.8. The highest BCUT2D eigenvalue weighted by atomic mass is 16.3. The number of nitrogens with zero attached hydrogens (tertiary/aromatic N) is 1. The van der Waals surface area contributed by atoms with Crippen LogP contribution >= 0.6 is 0 Å². The van der Waals surface area contributed by atoms with Gasteiger partial charge in [-0.3, -0.25) is 4.79 Å². The van der Waals surface area contributed by atoms with Gasteiger partial charge in [0.05, 0.1) is 5.52 Å². The van der Waals surface area contributed by atoms with Crippen molar-refractivity contribution in [1.29, 1.82) is 0 Å². The summed E-state index contributed by atoms with van der Waals surface area (Å²) in [6.45, 7) is 6.51. The maximum Gasteiger partial charge on any atom is 0.252 e. The number of fused-ring (bicyclic) bond motifs is 1. The molecule has 0 aliphatic rings. The van der Waals surface area contributed by atoms with Crippen molar-refractivity contribution in [3.63, 3.8) is 0 Å². The zero-order chi connectivity index (χ0) is 15.6. The van der Waals surface area contributed by atoms with E-state index < -0.39 is 0 Å². The molecule has 1 heterocycles. The van der Waals surface area contributed by atoms with Crippen molar-refractivity contribution >= 4 is 16.6 Å². The van der Waals surface area contributed by atoms with Gasteiger partial charge in [0.2, 0.25) is 0 Å². The fourth-order valence-corrected chi connectivity index (χ4v) is 2.57. The van der Waals surface area contributed by atoms with E-state index in [4.69, 9.17) is 0 Å². The number of aromatic nitrogens is 1. The monoisotopic (exact) mass is 288 g/mol. The highest BCUT2D eigenvalue weighted by Crippen LogP contribution is 2.28. The molecule has 4 nitrogen and oxygen atoms in total. The number of rotatable bonds is 4. The van der Waals surface area contributed by atoms with Crippen LogP contribution in [0.3, 0.4) is 0 Å². The third-order valence-corrected chi connectivity index (χ3v) is 3.95. The average Bonchev–Trinajstić information content (AvgIpc) is 2.43. The molecule has 0 saturated heterocycles. The highest BCUT2D eigenvalue weighted by Gasteiger charge is 2.24. The Morgan fingerprint density at radius 3 is 2.57 bits per heavy atom. The molecule has 21 heavy (non-hydrogen) atoms. The van der Waals surface area contributed by atoms with Crippen molar-refractivity contribution in [2.45, 2.75) is 33.2 Å². The van der Waals surface area contributed by atoms with Gasteiger partial charge >= 0.3 is 0 Å². The van der Waals surface area contributed by atoms with Crippen LogP contribution in [0, 0.1) is 5.41 Å². The fraction of sp³-hybridized carbons (Fsp3) is 0.471. The maximum atomic E-state index is 12.1. The van der Waals surface area contributed by atoms with Crippen LogP contribution in [0.2, 0.25) is 0 Å². The number of aliphatic hydroxyl groups is 1. The largest absolute Gasteiger partial charge is 0.396 e. The van der Waals surface area contributed by atoms with Gasteiger partial charge in [0.15, 0.2) is 0 Å². The first-order valence-electron chi connectivity index (χ1n) is 7.31. The zero-order valence-corrected chi connectivity index (χ0v) is 13.2. The molecular weight excluding hydrogens is 264 g/mol. The first kappa shape index (κ1) is 15.6. The van der Waals surface area contributed by atoms with Crippen LogP contribution in [-0.2, 0) is 7.05 Å². The molecular formula is C17H24N2O2. The summed E-state index contributed by atoms with van der Waals surface area (Å²) in [6.07, 6.45) is 0.646. The molecule has 0 fully saturated rings. The molecule has 1 unspecified atom stereocenters. The molecule has 0 bridgehead atoms. The molecule has 0 amide bonds. The molecule has 1 aromatic heterocycles. The summed E-state index contributed by atoms with van der Waals surface area (Å²) in [6, 6.07) is 9.59. The Morgan fingerprint density at radius 1 is 1.29 bits per heavy atom. The Hall–Kier alpha value is -1.81. The summed E-state index contributed by atoms with van der Waals surface area (Å²) in [4.78, 5) is 12.1. The van der Waals surface area contributed by atoms with Gasteiger partial charge in [-0.2, -0.15) is 0 Å². The van der Waals surface area contributed by atoms with Crippen molar-refractivity contribution in [1.82, 2.24) is 4.57 Å². The zero-order valence-electron chi connectivity index (χ0n) is 13.2. The van der Waals surface area contributed by atoms with Crippen LogP contribution in [0.4, 0.5) is 5.69 Å². The van der Waals surface area contributed by atoms with Gasteiger partial charge in [-0.05, 0) is 17.9 Å². The van der Waals surface area contributed by atoms with Gasteiger partial charge in [-0.15, -0.1) is 0 Å². The molecule has 1 aromatic carbocycles. The molecule has 1 atom stereocenters. The lowest BCUT2D eigenvalue weighted by molar-refractivity contribution is 0.235. The van der Waals surface area contributed by atoms with Crippen molar-refractivity contribution in [2.24, 2.45) is 12.5 Å². The Balaban J connectivity index is 2.51. The Morgan fingerprint density at radius 2 is 1.95 bits per heavy atom. The quantitative estimate of drug-likeness (QED) is 0.909. The van der Waals surface area contributed by atoms with Gasteiger partial charge in [-0.25, -0.2) is 0 Å². The van der Waals surface area contributed by atoms with Crippen LogP contribution in [0.1, 0.15) is 27.2 Å². The van der Waals surface area contributed by atoms with Crippen molar-refractivity contribution in [3.05, 3.63) is 40.7 Å². The topological polar surface area (TPSA) is 54.3 Å². The molecule has 2 rings (SSSR count). The molecule has 0 aliphatic heterocycles. The van der Waals surface area contributed by atoms with Crippen LogP contribution in [0.25, 0.3) is 10.9 Å². The normalized spacial score (nSPS) is 13.4. The smallest absolute Gasteiger partial charge is 0.252 e. The minimum Gasteiger partial charge on any atom is -0.396 e. The molecule has 0 radical (unpaired) electrons. The van der Waals surface area contributed by atoms with Crippen molar-refractivity contribution in [2.75, 3.05) is 11.9 Å². The molecule has 2 N–H and O–H groups in total. The molecule has 2 aromatic rings. The Bertz CT molecular complexity index is 683. The second-order valence-corrected chi connectivity index (χ2v) is 6.55. The van der Waals surface area contributed by atoms with E-state index in [1.54, 1.807) is 17.7 Å². The molecule has 114 valence electrons. The number of anilines is 1. The third-order valence-electron chi connectivity index (χ3n) is 3.95. The Kier molecular flexibility index (Phi) is 4.37.